The summed E-state index contributed by atoms with van der Waals surface area (Å²) in [5, 5.41) is 8.62. The van der Waals surface area contributed by atoms with Crippen LogP contribution in [0.3, 0.4) is 0 Å². The number of carbonyl (C=O) groups excluding carboxylic acids is 2. The van der Waals surface area contributed by atoms with Gasteiger partial charge in [0.2, 0.25) is 0 Å². The van der Waals surface area contributed by atoms with E-state index in [9.17, 15) is 9.59 Å². The largest absolute Gasteiger partial charge is 0.336 e. The fourth-order valence-electron chi connectivity index (χ4n) is 2.12. The average Bonchev–Trinajstić information content (AvgIpc) is 2.82. The minimum absolute atomic E-state index is 0.460. The molecule has 1 aliphatic heterocycles. The minimum Gasteiger partial charge on any atom is -0.336 e. The lowest BCUT2D eigenvalue weighted by Crippen LogP contribution is -2.50. The van der Waals surface area contributed by atoms with Crippen molar-refractivity contribution in [1.29, 1.82) is 0 Å². The summed E-state index contributed by atoms with van der Waals surface area (Å²) in [6.07, 6.45) is 2.56. The van der Waals surface area contributed by atoms with E-state index in [0.29, 0.717) is 13.1 Å². The van der Waals surface area contributed by atoms with E-state index < -0.39 is 17.4 Å². The number of amides is 2. The summed E-state index contributed by atoms with van der Waals surface area (Å²) in [4.78, 5) is 30.1. The molecule has 1 aliphatic rings. The van der Waals surface area contributed by atoms with Crippen molar-refractivity contribution in [2.75, 3.05) is 26.2 Å². The standard InChI is InChI=1S/C13H20N4O2S/c1-13(2,12-15-6-9-20-12)16-10(18)11(19)17-7-3-4-14-5-8-17/h6,9,14H,3-5,7-8H2,1-2H3,(H,16,18). The smallest absolute Gasteiger partial charge is 0.311 e. The topological polar surface area (TPSA) is 74.3 Å². The number of nitrogens with one attached hydrogen (secondary N) is 2. The van der Waals surface area contributed by atoms with Crippen molar-refractivity contribution in [2.45, 2.75) is 25.8 Å². The maximum Gasteiger partial charge on any atom is 0.311 e. The SMILES string of the molecule is CC(C)(NC(=O)C(=O)N1CCCNCC1)c1nccs1. The van der Waals surface area contributed by atoms with Crippen molar-refractivity contribution >= 4 is 23.2 Å². The Morgan fingerprint density at radius 2 is 2.20 bits per heavy atom. The van der Waals surface area contributed by atoms with Gasteiger partial charge in [-0.3, -0.25) is 9.59 Å². The van der Waals surface area contributed by atoms with Crippen molar-refractivity contribution in [3.63, 3.8) is 0 Å². The van der Waals surface area contributed by atoms with Gasteiger partial charge in [-0.1, -0.05) is 0 Å². The van der Waals surface area contributed by atoms with Crippen LogP contribution in [0.2, 0.25) is 0 Å². The van der Waals surface area contributed by atoms with Gasteiger partial charge in [0.15, 0.2) is 0 Å². The molecule has 1 aromatic rings. The highest BCUT2D eigenvalue weighted by atomic mass is 32.1. The van der Waals surface area contributed by atoms with Gasteiger partial charge in [0.25, 0.3) is 0 Å². The highest BCUT2D eigenvalue weighted by molar-refractivity contribution is 7.09. The Hall–Kier alpha value is -1.47. The molecule has 2 N–H and O–H groups in total. The number of rotatable bonds is 2. The third-order valence-electron chi connectivity index (χ3n) is 3.21. The highest BCUT2D eigenvalue weighted by Crippen LogP contribution is 2.21. The van der Waals surface area contributed by atoms with Crippen LogP contribution in [0.25, 0.3) is 0 Å². The quantitative estimate of drug-likeness (QED) is 0.771. The number of thiazole rings is 1. The summed E-state index contributed by atoms with van der Waals surface area (Å²) in [5.74, 6) is -1.02. The van der Waals surface area contributed by atoms with Crippen molar-refractivity contribution < 1.29 is 9.59 Å². The van der Waals surface area contributed by atoms with Crippen LogP contribution < -0.4 is 10.6 Å². The molecule has 7 heteroatoms. The van der Waals surface area contributed by atoms with Crippen LogP contribution in [0.1, 0.15) is 25.3 Å². The predicted molar refractivity (Wildman–Crippen MR) is 77.3 cm³/mol. The van der Waals surface area contributed by atoms with E-state index in [2.05, 4.69) is 15.6 Å². The van der Waals surface area contributed by atoms with Crippen molar-refractivity contribution in [2.24, 2.45) is 0 Å². The zero-order valence-electron chi connectivity index (χ0n) is 11.8. The molecule has 0 spiro atoms. The molecule has 2 heterocycles. The first kappa shape index (κ1) is 14.9. The van der Waals surface area contributed by atoms with Crippen LogP contribution >= 0.6 is 11.3 Å². The first-order valence-corrected chi connectivity index (χ1v) is 7.61. The van der Waals surface area contributed by atoms with Gasteiger partial charge in [-0.05, 0) is 26.8 Å². The van der Waals surface area contributed by atoms with E-state index in [1.165, 1.54) is 11.3 Å². The molecule has 0 radical (unpaired) electrons. The van der Waals surface area contributed by atoms with E-state index in [4.69, 9.17) is 0 Å². The number of carbonyl (C=O) groups is 2. The monoisotopic (exact) mass is 296 g/mol. The normalized spacial score (nSPS) is 16.6. The Labute approximate surface area is 122 Å². The Kier molecular flexibility index (Phi) is 4.72. The molecule has 0 unspecified atom stereocenters. The van der Waals surface area contributed by atoms with Gasteiger partial charge < -0.3 is 15.5 Å². The molecule has 0 aliphatic carbocycles. The zero-order valence-corrected chi connectivity index (χ0v) is 12.6. The van der Waals surface area contributed by atoms with Gasteiger partial charge in [-0.15, -0.1) is 11.3 Å². The molecule has 2 rings (SSSR count). The van der Waals surface area contributed by atoms with E-state index in [1.807, 2.05) is 19.2 Å². The highest BCUT2D eigenvalue weighted by Gasteiger charge is 2.30. The molecular weight excluding hydrogens is 276 g/mol. The Bertz CT molecular complexity index is 465. The molecule has 2 amide bonds. The first-order valence-electron chi connectivity index (χ1n) is 6.73. The van der Waals surface area contributed by atoms with Gasteiger partial charge in [0, 0.05) is 31.2 Å². The number of aromatic nitrogens is 1. The first-order chi connectivity index (χ1) is 9.50. The second-order valence-electron chi connectivity index (χ2n) is 5.31. The molecule has 20 heavy (non-hydrogen) atoms. The van der Waals surface area contributed by atoms with Gasteiger partial charge >= 0.3 is 11.8 Å². The van der Waals surface area contributed by atoms with Crippen LogP contribution in [-0.2, 0) is 15.1 Å². The molecule has 6 nitrogen and oxygen atoms in total. The summed E-state index contributed by atoms with van der Waals surface area (Å²) in [6, 6.07) is 0. The molecule has 0 aromatic carbocycles. The van der Waals surface area contributed by atoms with Crippen LogP contribution in [0, 0.1) is 0 Å². The molecule has 110 valence electrons. The van der Waals surface area contributed by atoms with E-state index in [1.54, 1.807) is 11.1 Å². The third kappa shape index (κ3) is 3.55. The summed E-state index contributed by atoms with van der Waals surface area (Å²) in [5.41, 5.74) is -0.634. The maximum absolute atomic E-state index is 12.2. The molecular formula is C13H20N4O2S. The van der Waals surface area contributed by atoms with Crippen LogP contribution in [0.15, 0.2) is 11.6 Å². The number of nitrogens with zero attached hydrogens (tertiary/aromatic N) is 2. The Morgan fingerprint density at radius 1 is 1.40 bits per heavy atom. The van der Waals surface area contributed by atoms with Crippen LogP contribution in [0.4, 0.5) is 0 Å². The number of hydrogen-bond acceptors (Lipinski definition) is 5. The van der Waals surface area contributed by atoms with Crippen LogP contribution in [0.5, 0.6) is 0 Å². The zero-order chi connectivity index (χ0) is 14.6. The summed E-state index contributed by atoms with van der Waals surface area (Å²) >= 11 is 1.46. The number of hydrogen-bond donors (Lipinski definition) is 2. The fraction of sp³-hybridized carbons (Fsp3) is 0.615. The molecule has 0 atom stereocenters. The summed E-state index contributed by atoms with van der Waals surface area (Å²) in [6.45, 7) is 6.51. The second-order valence-corrected chi connectivity index (χ2v) is 6.21. The average molecular weight is 296 g/mol. The van der Waals surface area contributed by atoms with Crippen molar-refractivity contribution in [3.8, 4) is 0 Å². The van der Waals surface area contributed by atoms with Gasteiger partial charge in [-0.2, -0.15) is 0 Å². The van der Waals surface area contributed by atoms with E-state index in [0.717, 1.165) is 24.5 Å². The predicted octanol–water partition coefficient (Wildman–Crippen LogP) is 0.316. The van der Waals surface area contributed by atoms with E-state index in [-0.39, 0.29) is 0 Å². The lowest BCUT2D eigenvalue weighted by Gasteiger charge is -2.26. The van der Waals surface area contributed by atoms with E-state index >= 15 is 0 Å². The van der Waals surface area contributed by atoms with Gasteiger partial charge in [-0.25, -0.2) is 4.98 Å². The lowest BCUT2D eigenvalue weighted by atomic mass is 10.1. The maximum atomic E-state index is 12.2. The van der Waals surface area contributed by atoms with Crippen molar-refractivity contribution in [3.05, 3.63) is 16.6 Å². The molecule has 1 fully saturated rings. The molecule has 0 saturated carbocycles. The Balaban J connectivity index is 1.98. The molecule has 1 saturated heterocycles. The summed E-state index contributed by atoms with van der Waals surface area (Å²) in [7, 11) is 0. The van der Waals surface area contributed by atoms with Gasteiger partial charge in [0.1, 0.15) is 5.01 Å². The van der Waals surface area contributed by atoms with Crippen molar-refractivity contribution in [1.82, 2.24) is 20.5 Å². The second kappa shape index (κ2) is 6.32. The third-order valence-corrected chi connectivity index (χ3v) is 4.31. The lowest BCUT2D eigenvalue weighted by molar-refractivity contribution is -0.146. The van der Waals surface area contributed by atoms with Crippen LogP contribution in [-0.4, -0.2) is 47.9 Å². The molecule has 0 bridgehead atoms. The fourth-order valence-corrected chi connectivity index (χ4v) is 2.83. The summed E-state index contributed by atoms with van der Waals surface area (Å²) < 4.78 is 0. The minimum atomic E-state index is -0.634. The molecule has 1 aromatic heterocycles. The van der Waals surface area contributed by atoms with Gasteiger partial charge in [0.05, 0.1) is 5.54 Å². The Morgan fingerprint density at radius 3 is 2.90 bits per heavy atom.